The molecule has 11 nitrogen and oxygen atoms in total. The molecule has 3 aromatic carbocycles. The predicted molar refractivity (Wildman–Crippen MR) is 194 cm³/mol. The molecule has 2 saturated carbocycles. The zero-order valence-corrected chi connectivity index (χ0v) is 29.9. The lowest BCUT2D eigenvalue weighted by molar-refractivity contribution is -0.124. The lowest BCUT2D eigenvalue weighted by Crippen LogP contribution is -2.48. The van der Waals surface area contributed by atoms with Gasteiger partial charge in [-0.3, -0.25) is 14.3 Å². The Morgan fingerprint density at radius 3 is 1.83 bits per heavy atom. The number of amides is 2. The van der Waals surface area contributed by atoms with Crippen molar-refractivity contribution in [3.8, 4) is 0 Å². The highest BCUT2D eigenvalue weighted by Crippen LogP contribution is 2.25. The van der Waals surface area contributed by atoms with E-state index in [2.05, 4.69) is 20.5 Å². The normalized spacial score (nSPS) is 20.6. The molecular weight excluding hydrogens is 686 g/mol. The van der Waals surface area contributed by atoms with Gasteiger partial charge in [0.25, 0.3) is 15.9 Å². The molecule has 6 rings (SSSR count). The van der Waals surface area contributed by atoms with Gasteiger partial charge in [-0.2, -0.15) is 5.10 Å². The Kier molecular flexibility index (Phi) is 12.7. The van der Waals surface area contributed by atoms with Gasteiger partial charge < -0.3 is 20.1 Å². The van der Waals surface area contributed by atoms with Crippen molar-refractivity contribution in [3.63, 3.8) is 0 Å². The average Bonchev–Trinajstić information content (AvgIpc) is 3.55. The van der Waals surface area contributed by atoms with E-state index < -0.39 is 22.6 Å². The van der Waals surface area contributed by atoms with Crippen LogP contribution in [0.5, 0.6) is 0 Å². The number of ether oxygens (including phenoxy) is 2. The first-order valence-electron chi connectivity index (χ1n) is 17.9. The van der Waals surface area contributed by atoms with Gasteiger partial charge in [0.15, 0.2) is 5.82 Å². The fourth-order valence-corrected chi connectivity index (χ4v) is 7.82. The van der Waals surface area contributed by atoms with E-state index in [-0.39, 0.29) is 53.2 Å². The van der Waals surface area contributed by atoms with Crippen molar-refractivity contribution in [2.45, 2.75) is 107 Å². The van der Waals surface area contributed by atoms with Crippen LogP contribution < -0.4 is 15.4 Å². The molecule has 2 aliphatic rings. The number of rotatable bonds is 15. The predicted octanol–water partition coefficient (Wildman–Crippen LogP) is 6.06. The van der Waals surface area contributed by atoms with E-state index in [4.69, 9.17) is 9.47 Å². The topological polar surface area (TPSA) is 141 Å². The summed E-state index contributed by atoms with van der Waals surface area (Å²) in [6, 6.07) is 25.9. The van der Waals surface area contributed by atoms with Crippen LogP contribution in [-0.4, -0.2) is 54.3 Å². The van der Waals surface area contributed by atoms with E-state index in [0.29, 0.717) is 25.2 Å². The van der Waals surface area contributed by atoms with Gasteiger partial charge in [-0.15, -0.1) is 0 Å². The lowest BCUT2D eigenvalue weighted by Gasteiger charge is -2.32. The number of alkyl halides is 1. The number of nitrogens with one attached hydrogen (secondary N) is 3. The fraction of sp³-hybridized carbons (Fsp3) is 0.410. The molecule has 0 bridgehead atoms. The van der Waals surface area contributed by atoms with Crippen molar-refractivity contribution < 1.29 is 31.9 Å². The van der Waals surface area contributed by atoms with Crippen molar-refractivity contribution in [2.75, 3.05) is 4.72 Å². The SMILES string of the molecule is O=C(Cn1nc(NS(=O)(=O)c2ccc(CF)cc2)cc1C(=O)N[C@H]1CCCC[C@@H]1OCc1ccccc1)N[C@H]1CCCC[C@@H]1OCc1ccccc1. The summed E-state index contributed by atoms with van der Waals surface area (Å²) in [5.74, 6) is -1.01. The van der Waals surface area contributed by atoms with Crippen LogP contribution in [0.2, 0.25) is 0 Å². The number of benzene rings is 3. The minimum absolute atomic E-state index is 0.0218. The Hall–Kier alpha value is -4.59. The number of aromatic nitrogens is 2. The first kappa shape index (κ1) is 37.2. The minimum Gasteiger partial charge on any atom is -0.371 e. The Bertz CT molecular complexity index is 1870. The van der Waals surface area contributed by atoms with E-state index in [1.54, 1.807) is 0 Å². The molecule has 2 amide bonds. The number of hydrogen-bond donors (Lipinski definition) is 3. The van der Waals surface area contributed by atoms with Crippen LogP contribution in [0.1, 0.15) is 78.5 Å². The average molecular weight is 732 g/mol. The van der Waals surface area contributed by atoms with Crippen LogP contribution >= 0.6 is 0 Å². The van der Waals surface area contributed by atoms with Crippen LogP contribution in [-0.2, 0) is 50.7 Å². The summed E-state index contributed by atoms with van der Waals surface area (Å²) in [4.78, 5) is 27.4. The molecule has 2 aliphatic carbocycles. The van der Waals surface area contributed by atoms with Gasteiger partial charge in [-0.05, 0) is 54.5 Å². The van der Waals surface area contributed by atoms with Crippen molar-refractivity contribution in [1.29, 1.82) is 0 Å². The second-order valence-corrected chi connectivity index (χ2v) is 15.1. The molecule has 0 aliphatic heterocycles. The summed E-state index contributed by atoms with van der Waals surface area (Å²) >= 11 is 0. The van der Waals surface area contributed by atoms with E-state index in [0.717, 1.165) is 56.1 Å². The second kappa shape index (κ2) is 17.8. The third kappa shape index (κ3) is 10.0. The van der Waals surface area contributed by atoms with E-state index in [1.807, 2.05) is 60.7 Å². The maximum absolute atomic E-state index is 13.9. The maximum Gasteiger partial charge on any atom is 0.269 e. The van der Waals surface area contributed by atoms with Gasteiger partial charge in [0, 0.05) is 6.07 Å². The number of hydrogen-bond acceptors (Lipinski definition) is 7. The summed E-state index contributed by atoms with van der Waals surface area (Å²) in [6.45, 7) is -0.210. The largest absolute Gasteiger partial charge is 0.371 e. The molecule has 0 spiro atoms. The zero-order valence-electron chi connectivity index (χ0n) is 29.1. The summed E-state index contributed by atoms with van der Waals surface area (Å²) in [7, 11) is -4.14. The molecular formula is C39H46FN5O6S. The molecule has 1 heterocycles. The van der Waals surface area contributed by atoms with Crippen molar-refractivity contribution in [1.82, 2.24) is 20.4 Å². The smallest absolute Gasteiger partial charge is 0.269 e. The number of nitrogens with zero attached hydrogens (tertiary/aromatic N) is 2. The Morgan fingerprint density at radius 2 is 1.27 bits per heavy atom. The molecule has 4 atom stereocenters. The Balaban J connectivity index is 1.18. The van der Waals surface area contributed by atoms with Crippen LogP contribution in [0.25, 0.3) is 0 Å². The number of carbonyl (C=O) groups excluding carboxylic acids is 2. The van der Waals surface area contributed by atoms with Gasteiger partial charge in [0.1, 0.15) is 18.9 Å². The first-order valence-corrected chi connectivity index (χ1v) is 19.4. The summed E-state index contributed by atoms with van der Waals surface area (Å²) in [6.07, 6.45) is 6.46. The van der Waals surface area contributed by atoms with Crippen LogP contribution in [0.3, 0.4) is 0 Å². The fourth-order valence-electron chi connectivity index (χ4n) is 6.83. The number of anilines is 1. The van der Waals surface area contributed by atoms with Crippen molar-refractivity contribution in [3.05, 3.63) is 113 Å². The Morgan fingerprint density at radius 1 is 0.731 bits per heavy atom. The van der Waals surface area contributed by atoms with Crippen molar-refractivity contribution in [2.24, 2.45) is 0 Å². The number of halogens is 1. The Labute approximate surface area is 304 Å². The minimum atomic E-state index is -4.14. The summed E-state index contributed by atoms with van der Waals surface area (Å²) < 4.78 is 55.7. The third-order valence-electron chi connectivity index (χ3n) is 9.61. The monoisotopic (exact) mass is 731 g/mol. The second-order valence-electron chi connectivity index (χ2n) is 13.4. The highest BCUT2D eigenvalue weighted by atomic mass is 32.2. The van der Waals surface area contributed by atoms with Crippen LogP contribution in [0.4, 0.5) is 10.2 Å². The van der Waals surface area contributed by atoms with Gasteiger partial charge in [-0.1, -0.05) is 98.5 Å². The molecule has 4 aromatic rings. The van der Waals surface area contributed by atoms with E-state index in [1.165, 1.54) is 35.0 Å². The third-order valence-corrected chi connectivity index (χ3v) is 11.0. The quantitative estimate of drug-likeness (QED) is 0.135. The summed E-state index contributed by atoms with van der Waals surface area (Å²) in [5, 5.41) is 10.6. The molecule has 276 valence electrons. The maximum atomic E-state index is 13.9. The van der Waals surface area contributed by atoms with Crippen LogP contribution in [0, 0.1) is 0 Å². The molecule has 0 radical (unpaired) electrons. The highest BCUT2D eigenvalue weighted by Gasteiger charge is 2.31. The van der Waals surface area contributed by atoms with Crippen molar-refractivity contribution >= 4 is 27.7 Å². The molecule has 0 unspecified atom stereocenters. The van der Waals surface area contributed by atoms with E-state index in [9.17, 15) is 22.4 Å². The zero-order chi connectivity index (χ0) is 36.3. The molecule has 13 heteroatoms. The van der Waals surface area contributed by atoms with Gasteiger partial charge in [-0.25, -0.2) is 17.5 Å². The lowest BCUT2D eigenvalue weighted by atomic mass is 9.92. The summed E-state index contributed by atoms with van der Waals surface area (Å²) in [5.41, 5.74) is 2.44. The van der Waals surface area contributed by atoms with Crippen LogP contribution in [0.15, 0.2) is 95.9 Å². The van der Waals surface area contributed by atoms with Gasteiger partial charge in [0.05, 0.1) is 42.4 Å². The molecule has 0 saturated heterocycles. The number of carbonyl (C=O) groups is 2. The highest BCUT2D eigenvalue weighted by molar-refractivity contribution is 7.92. The molecule has 52 heavy (non-hydrogen) atoms. The molecule has 1 aromatic heterocycles. The van der Waals surface area contributed by atoms with Gasteiger partial charge >= 0.3 is 0 Å². The molecule has 2 fully saturated rings. The van der Waals surface area contributed by atoms with E-state index >= 15 is 0 Å². The first-order chi connectivity index (χ1) is 25.3. The number of sulfonamides is 1. The molecule has 3 N–H and O–H groups in total. The van der Waals surface area contributed by atoms with Gasteiger partial charge in [0.2, 0.25) is 5.91 Å². The standard InChI is InChI=1S/C39H46FN5O6S/c40-24-28-19-21-31(22-20-28)52(48,49)44-37-23-34(39(47)42-33-16-8-10-18-36(33)51-27-30-13-5-2-6-14-30)45(43-37)25-38(46)41-32-15-7-9-17-35(32)50-26-29-11-3-1-4-12-29/h1-6,11-14,19-23,32-33,35-36H,7-10,15-18,24-27H2,(H,41,46)(H,42,47)(H,43,44)/t32-,33-,35-,36-/m0/s1.